The van der Waals surface area contributed by atoms with Crippen LogP contribution in [0.3, 0.4) is 0 Å². The van der Waals surface area contributed by atoms with Crippen molar-refractivity contribution in [2.24, 2.45) is 5.73 Å². The molecule has 4 nitrogen and oxygen atoms in total. The van der Waals surface area contributed by atoms with Gasteiger partial charge in [-0.2, -0.15) is 0 Å². The molecule has 2 aromatic rings. The lowest BCUT2D eigenvalue weighted by Crippen LogP contribution is -2.09. The van der Waals surface area contributed by atoms with Gasteiger partial charge in [0.25, 0.3) is 5.22 Å². The van der Waals surface area contributed by atoms with Crippen molar-refractivity contribution < 1.29 is 4.42 Å². The Morgan fingerprint density at radius 2 is 2.06 bits per heavy atom. The Bertz CT molecular complexity index is 444. The molecular formula is C11H13N3OS. The number of benzene rings is 1. The van der Waals surface area contributed by atoms with Crippen LogP contribution in [0.2, 0.25) is 0 Å². The third-order valence-corrected chi connectivity index (χ3v) is 3.25. The van der Waals surface area contributed by atoms with Gasteiger partial charge in [0.2, 0.25) is 5.89 Å². The SMILES string of the molecule is Cc1nnc(SC(CN)c2ccccc2)o1. The van der Waals surface area contributed by atoms with Crippen molar-refractivity contribution >= 4 is 11.8 Å². The lowest BCUT2D eigenvalue weighted by molar-refractivity contribution is 0.428. The summed E-state index contributed by atoms with van der Waals surface area (Å²) >= 11 is 1.50. The van der Waals surface area contributed by atoms with Gasteiger partial charge in [-0.3, -0.25) is 0 Å². The maximum Gasteiger partial charge on any atom is 0.277 e. The fraction of sp³-hybridized carbons (Fsp3) is 0.273. The Morgan fingerprint density at radius 3 is 2.62 bits per heavy atom. The molecule has 0 saturated heterocycles. The average Bonchev–Trinajstić information content (AvgIpc) is 2.73. The standard InChI is InChI=1S/C11H13N3OS/c1-8-13-14-11(15-8)16-10(7-12)9-5-3-2-4-6-9/h2-6,10H,7,12H2,1H3. The summed E-state index contributed by atoms with van der Waals surface area (Å²) in [5.74, 6) is 0.575. The average molecular weight is 235 g/mol. The molecule has 1 unspecified atom stereocenters. The molecule has 84 valence electrons. The van der Waals surface area contributed by atoms with Crippen molar-refractivity contribution in [2.45, 2.75) is 17.4 Å². The molecule has 16 heavy (non-hydrogen) atoms. The van der Waals surface area contributed by atoms with E-state index in [9.17, 15) is 0 Å². The predicted molar refractivity (Wildman–Crippen MR) is 63.1 cm³/mol. The lowest BCUT2D eigenvalue weighted by Gasteiger charge is -2.11. The molecule has 1 heterocycles. The van der Waals surface area contributed by atoms with E-state index in [2.05, 4.69) is 10.2 Å². The highest BCUT2D eigenvalue weighted by molar-refractivity contribution is 7.99. The van der Waals surface area contributed by atoms with Crippen molar-refractivity contribution in [3.05, 3.63) is 41.8 Å². The number of hydrogen-bond acceptors (Lipinski definition) is 5. The van der Waals surface area contributed by atoms with Crippen molar-refractivity contribution in [1.82, 2.24) is 10.2 Å². The topological polar surface area (TPSA) is 64.9 Å². The maximum absolute atomic E-state index is 5.75. The molecule has 2 rings (SSSR count). The van der Waals surface area contributed by atoms with Crippen LogP contribution in [0, 0.1) is 6.92 Å². The van der Waals surface area contributed by atoms with Gasteiger partial charge in [-0.15, -0.1) is 10.2 Å². The van der Waals surface area contributed by atoms with E-state index < -0.39 is 0 Å². The van der Waals surface area contributed by atoms with E-state index in [-0.39, 0.29) is 5.25 Å². The molecule has 0 aliphatic carbocycles. The Hall–Kier alpha value is -1.33. The first kappa shape index (κ1) is 11.2. The van der Waals surface area contributed by atoms with Crippen LogP contribution in [0.25, 0.3) is 0 Å². The van der Waals surface area contributed by atoms with Crippen molar-refractivity contribution in [1.29, 1.82) is 0 Å². The van der Waals surface area contributed by atoms with E-state index in [1.54, 1.807) is 6.92 Å². The molecule has 0 radical (unpaired) electrons. The molecule has 5 heteroatoms. The molecule has 1 atom stereocenters. The summed E-state index contributed by atoms with van der Waals surface area (Å²) in [5.41, 5.74) is 6.92. The van der Waals surface area contributed by atoms with E-state index >= 15 is 0 Å². The summed E-state index contributed by atoms with van der Waals surface area (Å²) < 4.78 is 5.32. The molecule has 1 aromatic heterocycles. The Kier molecular flexibility index (Phi) is 3.58. The smallest absolute Gasteiger partial charge is 0.277 e. The Balaban J connectivity index is 2.12. The van der Waals surface area contributed by atoms with Crippen LogP contribution in [0.4, 0.5) is 0 Å². The van der Waals surface area contributed by atoms with Gasteiger partial charge in [0.05, 0.1) is 5.25 Å². The minimum Gasteiger partial charge on any atom is -0.416 e. The second kappa shape index (κ2) is 5.14. The molecule has 0 spiro atoms. The Labute approximate surface area is 98.2 Å². The van der Waals surface area contributed by atoms with Gasteiger partial charge in [-0.25, -0.2) is 0 Å². The van der Waals surface area contributed by atoms with Crippen LogP contribution in [-0.4, -0.2) is 16.7 Å². The summed E-state index contributed by atoms with van der Waals surface area (Å²) in [7, 11) is 0. The zero-order chi connectivity index (χ0) is 11.4. The van der Waals surface area contributed by atoms with Gasteiger partial charge in [-0.05, 0) is 5.56 Å². The summed E-state index contributed by atoms with van der Waals surface area (Å²) in [6, 6.07) is 10.1. The van der Waals surface area contributed by atoms with Crippen LogP contribution in [0.15, 0.2) is 40.0 Å². The molecular weight excluding hydrogens is 222 g/mol. The zero-order valence-corrected chi connectivity index (χ0v) is 9.78. The number of aromatic nitrogens is 2. The zero-order valence-electron chi connectivity index (χ0n) is 8.96. The van der Waals surface area contributed by atoms with E-state index in [4.69, 9.17) is 10.2 Å². The van der Waals surface area contributed by atoms with Gasteiger partial charge in [-0.1, -0.05) is 42.1 Å². The number of hydrogen-bond donors (Lipinski definition) is 1. The number of aryl methyl sites for hydroxylation is 1. The summed E-state index contributed by atoms with van der Waals surface area (Å²) in [6.07, 6.45) is 0. The van der Waals surface area contributed by atoms with Crippen LogP contribution >= 0.6 is 11.8 Å². The first-order valence-electron chi connectivity index (χ1n) is 5.01. The maximum atomic E-state index is 5.75. The molecule has 0 aliphatic heterocycles. The van der Waals surface area contributed by atoms with Crippen LogP contribution in [-0.2, 0) is 0 Å². The first-order chi connectivity index (χ1) is 7.79. The fourth-order valence-corrected chi connectivity index (χ4v) is 2.26. The van der Waals surface area contributed by atoms with Crippen molar-refractivity contribution in [2.75, 3.05) is 6.54 Å². The monoisotopic (exact) mass is 235 g/mol. The molecule has 1 aromatic carbocycles. The van der Waals surface area contributed by atoms with Gasteiger partial charge in [0.15, 0.2) is 0 Å². The number of nitrogens with zero attached hydrogens (tertiary/aromatic N) is 2. The molecule has 0 bridgehead atoms. The number of rotatable bonds is 4. The molecule has 0 amide bonds. The summed E-state index contributed by atoms with van der Waals surface area (Å²) in [6.45, 7) is 2.31. The van der Waals surface area contributed by atoms with E-state index in [1.165, 1.54) is 17.3 Å². The first-order valence-corrected chi connectivity index (χ1v) is 5.89. The molecule has 0 aliphatic rings. The largest absolute Gasteiger partial charge is 0.416 e. The van der Waals surface area contributed by atoms with Gasteiger partial charge < -0.3 is 10.2 Å². The van der Waals surface area contributed by atoms with Crippen LogP contribution in [0.1, 0.15) is 16.7 Å². The van der Waals surface area contributed by atoms with Crippen molar-refractivity contribution in [3.63, 3.8) is 0 Å². The van der Waals surface area contributed by atoms with E-state index in [0.29, 0.717) is 17.7 Å². The third-order valence-electron chi connectivity index (χ3n) is 2.14. The summed E-state index contributed by atoms with van der Waals surface area (Å²) in [4.78, 5) is 0. The second-order valence-electron chi connectivity index (χ2n) is 3.34. The van der Waals surface area contributed by atoms with Gasteiger partial charge >= 0.3 is 0 Å². The Morgan fingerprint density at radius 1 is 1.31 bits per heavy atom. The van der Waals surface area contributed by atoms with E-state index in [1.807, 2.05) is 30.3 Å². The quantitative estimate of drug-likeness (QED) is 0.823. The molecule has 0 fully saturated rings. The minimum absolute atomic E-state index is 0.154. The van der Waals surface area contributed by atoms with Crippen LogP contribution in [0.5, 0.6) is 0 Å². The lowest BCUT2D eigenvalue weighted by atomic mass is 10.1. The van der Waals surface area contributed by atoms with Crippen LogP contribution < -0.4 is 5.73 Å². The number of thioether (sulfide) groups is 1. The van der Waals surface area contributed by atoms with Crippen molar-refractivity contribution in [3.8, 4) is 0 Å². The fourth-order valence-electron chi connectivity index (χ4n) is 1.37. The van der Waals surface area contributed by atoms with Gasteiger partial charge in [0, 0.05) is 13.5 Å². The second-order valence-corrected chi connectivity index (χ2v) is 4.49. The molecule has 0 saturated carbocycles. The predicted octanol–water partition coefficient (Wildman–Crippen LogP) is 2.17. The highest BCUT2D eigenvalue weighted by Crippen LogP contribution is 2.33. The van der Waals surface area contributed by atoms with E-state index in [0.717, 1.165) is 0 Å². The molecule has 2 N–H and O–H groups in total. The number of nitrogens with two attached hydrogens (primary N) is 1. The normalized spacial score (nSPS) is 12.6. The highest BCUT2D eigenvalue weighted by Gasteiger charge is 2.14. The summed E-state index contributed by atoms with van der Waals surface area (Å²) in [5, 5.41) is 8.46. The van der Waals surface area contributed by atoms with Gasteiger partial charge in [0.1, 0.15) is 0 Å². The highest BCUT2D eigenvalue weighted by atomic mass is 32.2. The minimum atomic E-state index is 0.154. The third kappa shape index (κ3) is 2.62.